The van der Waals surface area contributed by atoms with Gasteiger partial charge in [-0.2, -0.15) is 0 Å². The van der Waals surface area contributed by atoms with Crippen molar-refractivity contribution in [2.45, 2.75) is 59.4 Å². The Bertz CT molecular complexity index is 504. The highest BCUT2D eigenvalue weighted by molar-refractivity contribution is 6.16. The molecule has 0 spiro atoms. The van der Waals surface area contributed by atoms with E-state index in [2.05, 4.69) is 33.0 Å². The molecule has 3 fully saturated rings. The second kappa shape index (κ2) is 4.31. The molecule has 3 rings (SSSR count). The van der Waals surface area contributed by atoms with Crippen LogP contribution in [0.5, 0.6) is 0 Å². The molecule has 5 heteroatoms. The van der Waals surface area contributed by atoms with Gasteiger partial charge in [-0.1, -0.05) is 40.5 Å². The summed E-state index contributed by atoms with van der Waals surface area (Å²) in [6, 6.07) is -0.669. The number of nitrogens with zero attached hydrogens (tertiary/aromatic N) is 1. The highest BCUT2D eigenvalue weighted by Crippen LogP contribution is 2.65. The smallest absolute Gasteiger partial charge is 0.277 e. The van der Waals surface area contributed by atoms with Crippen molar-refractivity contribution in [3.8, 4) is 0 Å². The lowest BCUT2D eigenvalue weighted by Crippen LogP contribution is -2.61. The van der Waals surface area contributed by atoms with Gasteiger partial charge in [-0.3, -0.25) is 19.8 Å². The molecule has 1 unspecified atom stereocenters. The predicted molar refractivity (Wildman–Crippen MR) is 77.2 cm³/mol. The highest BCUT2D eigenvalue weighted by atomic mass is 16.2. The van der Waals surface area contributed by atoms with Crippen molar-refractivity contribution in [3.05, 3.63) is 0 Å². The number of carbonyl (C=O) groups is 3. The number of amides is 4. The average molecular weight is 292 g/mol. The molecule has 3 aliphatic rings. The van der Waals surface area contributed by atoms with Gasteiger partial charge in [0, 0.05) is 0 Å². The zero-order valence-corrected chi connectivity index (χ0v) is 13.2. The quantitative estimate of drug-likeness (QED) is 0.794. The Kier molecular flexibility index (Phi) is 2.98. The monoisotopic (exact) mass is 292 g/mol. The van der Waals surface area contributed by atoms with Gasteiger partial charge < -0.3 is 0 Å². The summed E-state index contributed by atoms with van der Waals surface area (Å²) in [5.41, 5.74) is -0.221. The van der Waals surface area contributed by atoms with E-state index < -0.39 is 17.9 Å². The standard InChI is InChI=1S/C16H24N2O3/c1-15(2)13(16(15,3)4)18-12(20)10(9-7-5-6-8-9)11(19)17-14(18)21/h9-10,13H,5-8H2,1-4H3,(H,17,19,21). The van der Waals surface area contributed by atoms with Gasteiger partial charge in [0.05, 0.1) is 6.04 Å². The molecule has 0 aromatic carbocycles. The van der Waals surface area contributed by atoms with E-state index in [-0.39, 0.29) is 28.7 Å². The summed E-state index contributed by atoms with van der Waals surface area (Å²) in [5.74, 6) is -1.25. The van der Waals surface area contributed by atoms with E-state index in [4.69, 9.17) is 0 Å². The molecule has 0 aromatic rings. The van der Waals surface area contributed by atoms with E-state index in [1.165, 1.54) is 4.90 Å². The third kappa shape index (κ3) is 1.86. The maximum atomic E-state index is 12.8. The summed E-state index contributed by atoms with van der Waals surface area (Å²) in [7, 11) is 0. The molecule has 4 amide bonds. The first kappa shape index (κ1) is 14.5. The van der Waals surface area contributed by atoms with E-state index in [1.807, 2.05) is 0 Å². The van der Waals surface area contributed by atoms with Gasteiger partial charge in [0.15, 0.2) is 0 Å². The van der Waals surface area contributed by atoms with Crippen LogP contribution in [0.3, 0.4) is 0 Å². The minimum Gasteiger partial charge on any atom is -0.277 e. The maximum Gasteiger partial charge on any atom is 0.331 e. The van der Waals surface area contributed by atoms with Crippen molar-refractivity contribution in [3.63, 3.8) is 0 Å². The number of barbiturate groups is 1. The Hall–Kier alpha value is -1.39. The van der Waals surface area contributed by atoms with Crippen LogP contribution in [0.25, 0.3) is 0 Å². The largest absolute Gasteiger partial charge is 0.331 e. The lowest BCUT2D eigenvalue weighted by atomic mass is 9.87. The Balaban J connectivity index is 1.89. The second-order valence-corrected chi connectivity index (χ2v) is 7.87. The van der Waals surface area contributed by atoms with Gasteiger partial charge in [-0.25, -0.2) is 4.79 Å². The number of carbonyl (C=O) groups excluding carboxylic acids is 3. The Morgan fingerprint density at radius 2 is 1.52 bits per heavy atom. The van der Waals surface area contributed by atoms with Crippen LogP contribution in [0.4, 0.5) is 4.79 Å². The van der Waals surface area contributed by atoms with Crippen molar-refractivity contribution in [1.82, 2.24) is 10.2 Å². The lowest BCUT2D eigenvalue weighted by molar-refractivity contribution is -0.145. The molecule has 5 nitrogen and oxygen atoms in total. The maximum absolute atomic E-state index is 12.8. The predicted octanol–water partition coefficient (Wildman–Crippen LogP) is 2.31. The van der Waals surface area contributed by atoms with Crippen molar-refractivity contribution < 1.29 is 14.4 Å². The fourth-order valence-corrected chi connectivity index (χ4v) is 4.36. The number of hydrogen-bond donors (Lipinski definition) is 1. The zero-order valence-electron chi connectivity index (χ0n) is 13.2. The summed E-state index contributed by atoms with van der Waals surface area (Å²) >= 11 is 0. The number of hydrogen-bond acceptors (Lipinski definition) is 3. The van der Waals surface area contributed by atoms with Gasteiger partial charge >= 0.3 is 6.03 Å². The molecule has 0 radical (unpaired) electrons. The SMILES string of the molecule is CC1(C)C(N2C(=O)NC(=O)C(C3CCCC3)C2=O)C1(C)C. The number of nitrogens with one attached hydrogen (secondary N) is 1. The van der Waals surface area contributed by atoms with Crippen LogP contribution < -0.4 is 5.32 Å². The van der Waals surface area contributed by atoms with Gasteiger partial charge in [0.1, 0.15) is 5.92 Å². The summed E-state index contributed by atoms with van der Waals surface area (Å²) in [4.78, 5) is 38.5. The first-order valence-corrected chi connectivity index (χ1v) is 7.87. The van der Waals surface area contributed by atoms with Crippen LogP contribution in [-0.2, 0) is 9.59 Å². The molecule has 21 heavy (non-hydrogen) atoms. The molecule has 1 saturated heterocycles. The summed E-state index contributed by atoms with van der Waals surface area (Å²) < 4.78 is 0. The topological polar surface area (TPSA) is 66.5 Å². The third-order valence-electron chi connectivity index (χ3n) is 6.31. The van der Waals surface area contributed by atoms with E-state index in [9.17, 15) is 14.4 Å². The van der Waals surface area contributed by atoms with Crippen molar-refractivity contribution in [2.24, 2.45) is 22.7 Å². The fourth-order valence-electron chi connectivity index (χ4n) is 4.36. The van der Waals surface area contributed by atoms with Crippen LogP contribution in [0.2, 0.25) is 0 Å². The Labute approximate surface area is 125 Å². The molecule has 1 aliphatic heterocycles. The Morgan fingerprint density at radius 3 is 2.00 bits per heavy atom. The molecule has 2 aliphatic carbocycles. The van der Waals surface area contributed by atoms with E-state index in [1.54, 1.807) is 0 Å². The average Bonchev–Trinajstić information content (AvgIpc) is 2.77. The van der Waals surface area contributed by atoms with Crippen LogP contribution in [0.15, 0.2) is 0 Å². The Morgan fingerprint density at radius 1 is 1.00 bits per heavy atom. The normalized spacial score (nSPS) is 32.5. The lowest BCUT2D eigenvalue weighted by Gasteiger charge is -2.34. The van der Waals surface area contributed by atoms with Crippen molar-refractivity contribution in [1.29, 1.82) is 0 Å². The molecule has 0 bridgehead atoms. The highest BCUT2D eigenvalue weighted by Gasteiger charge is 2.70. The zero-order chi connectivity index (χ0) is 15.6. The first-order chi connectivity index (χ1) is 9.69. The van der Waals surface area contributed by atoms with Crippen LogP contribution >= 0.6 is 0 Å². The molecule has 0 aromatic heterocycles. The fraction of sp³-hybridized carbons (Fsp3) is 0.812. The van der Waals surface area contributed by atoms with E-state index in [0.717, 1.165) is 25.7 Å². The van der Waals surface area contributed by atoms with Crippen molar-refractivity contribution >= 4 is 17.8 Å². The molecule has 1 heterocycles. The van der Waals surface area contributed by atoms with Crippen LogP contribution in [-0.4, -0.2) is 28.8 Å². The van der Waals surface area contributed by atoms with Gasteiger partial charge in [-0.05, 0) is 29.6 Å². The summed E-state index contributed by atoms with van der Waals surface area (Å²) in [6.07, 6.45) is 3.94. The summed E-state index contributed by atoms with van der Waals surface area (Å²) in [6.45, 7) is 8.27. The minimum atomic E-state index is -0.669. The molecule has 1 N–H and O–H groups in total. The number of urea groups is 1. The number of imide groups is 2. The van der Waals surface area contributed by atoms with Gasteiger partial charge in [0.25, 0.3) is 0 Å². The third-order valence-corrected chi connectivity index (χ3v) is 6.31. The summed E-state index contributed by atoms with van der Waals surface area (Å²) in [5, 5.41) is 2.41. The van der Waals surface area contributed by atoms with Gasteiger partial charge in [0.2, 0.25) is 11.8 Å². The number of rotatable bonds is 2. The first-order valence-electron chi connectivity index (χ1n) is 7.87. The molecule has 2 saturated carbocycles. The molecular formula is C16H24N2O3. The van der Waals surface area contributed by atoms with Gasteiger partial charge in [-0.15, -0.1) is 0 Å². The van der Waals surface area contributed by atoms with Crippen LogP contribution in [0, 0.1) is 22.7 Å². The van der Waals surface area contributed by atoms with Crippen molar-refractivity contribution in [2.75, 3.05) is 0 Å². The van der Waals surface area contributed by atoms with Crippen LogP contribution in [0.1, 0.15) is 53.4 Å². The molecule has 1 atom stereocenters. The van der Waals surface area contributed by atoms with E-state index >= 15 is 0 Å². The van der Waals surface area contributed by atoms with E-state index in [0.29, 0.717) is 0 Å². The molecule has 116 valence electrons. The second-order valence-electron chi connectivity index (χ2n) is 7.87. The molecular weight excluding hydrogens is 268 g/mol. The minimum absolute atomic E-state index is 0.0954.